The summed E-state index contributed by atoms with van der Waals surface area (Å²) in [4.78, 5) is 64.0. The van der Waals surface area contributed by atoms with Crippen molar-refractivity contribution in [3.05, 3.63) is 35.4 Å². The first-order valence-corrected chi connectivity index (χ1v) is 22.8. The minimum atomic E-state index is -5.77. The SMILES string of the molecule is CN(C(=O)c1cn2c(n1)CN(C1CC1)CC2)C1(C)CCN(C(=O)OC(C(F)(F)F)C(F)(F)F)CC1.CNC1(C)CCN(C(=O)OC(C(F)(F)F)C(F)(F)F)CC1.O=C(O)c1cn2c(n1)CN(C1CC1)CC2. The van der Waals surface area contributed by atoms with Gasteiger partial charge in [-0.05, 0) is 72.3 Å². The number of carboxylic acid groups (broad SMARTS) is 1. The van der Waals surface area contributed by atoms with Crippen LogP contribution in [-0.4, -0.2) is 186 Å². The van der Waals surface area contributed by atoms with E-state index in [0.717, 1.165) is 60.2 Å². The van der Waals surface area contributed by atoms with Crippen LogP contribution in [0.5, 0.6) is 0 Å². The summed E-state index contributed by atoms with van der Waals surface area (Å²) in [6, 6.07) is 1.31. The molecule has 3 amide bonds. The molecule has 6 heterocycles. The van der Waals surface area contributed by atoms with Crippen LogP contribution in [0.2, 0.25) is 0 Å². The molecule has 2 N–H and O–H groups in total. The summed E-state index contributed by atoms with van der Waals surface area (Å²) >= 11 is 0. The van der Waals surface area contributed by atoms with Crippen LogP contribution in [0.4, 0.5) is 62.3 Å². The second kappa shape index (κ2) is 20.8. The molecule has 0 aromatic carbocycles. The smallest absolute Gasteiger partial charge is 0.434 e. The van der Waals surface area contributed by atoms with Gasteiger partial charge in [-0.2, -0.15) is 52.7 Å². The van der Waals surface area contributed by atoms with Crippen LogP contribution in [0.1, 0.15) is 97.8 Å². The summed E-state index contributed by atoms with van der Waals surface area (Å²) in [5, 5.41) is 11.8. The lowest BCUT2D eigenvalue weighted by Crippen LogP contribution is -2.56. The van der Waals surface area contributed by atoms with Gasteiger partial charge in [0.15, 0.2) is 5.69 Å². The summed E-state index contributed by atoms with van der Waals surface area (Å²) in [6.07, 6.45) is -25.1. The Balaban J connectivity index is 0.000000193. The number of amides is 3. The fourth-order valence-electron chi connectivity index (χ4n) is 8.60. The molecule has 4 aliphatic heterocycles. The zero-order valence-corrected chi connectivity index (χ0v) is 39.1. The van der Waals surface area contributed by atoms with Gasteiger partial charge in [0.25, 0.3) is 18.1 Å². The molecule has 0 unspecified atom stereocenters. The van der Waals surface area contributed by atoms with E-state index in [2.05, 4.69) is 34.6 Å². The van der Waals surface area contributed by atoms with Crippen molar-refractivity contribution in [2.45, 2.75) is 151 Å². The predicted octanol–water partition coefficient (Wildman–Crippen LogP) is 6.67. The quantitative estimate of drug-likeness (QED) is 0.270. The maximum absolute atomic E-state index is 13.2. The Morgan fingerprint density at radius 3 is 1.35 bits per heavy atom. The van der Waals surface area contributed by atoms with Crippen LogP contribution in [0.25, 0.3) is 0 Å². The Morgan fingerprint density at radius 2 is 1.00 bits per heavy atom. The number of nitrogens with zero attached hydrogens (tertiary/aromatic N) is 9. The number of ether oxygens (including phenoxy) is 2. The number of likely N-dealkylation sites (tertiary alicyclic amines) is 2. The molecular formula is C42H56F12N10O7. The number of hydrogen-bond acceptors (Lipinski definition) is 11. The number of halogens is 12. The van der Waals surface area contributed by atoms with Crippen molar-refractivity contribution >= 4 is 24.1 Å². The highest BCUT2D eigenvalue weighted by Crippen LogP contribution is 2.39. The number of hydrogen-bond donors (Lipinski definition) is 2. The first-order chi connectivity index (χ1) is 32.8. The van der Waals surface area contributed by atoms with Gasteiger partial charge in [0.2, 0.25) is 0 Å². The van der Waals surface area contributed by atoms with E-state index in [-0.39, 0.29) is 61.9 Å². The zero-order chi connectivity index (χ0) is 52.6. The number of alkyl halides is 12. The number of nitrogens with one attached hydrogen (secondary N) is 1. The molecule has 4 fully saturated rings. The number of aromatic nitrogens is 4. The normalized spacial score (nSPS) is 20.8. The molecule has 2 aliphatic carbocycles. The standard InChI is InChI=1S/C21H27F6N5O3.C11H16F6N2O2.C10H13N3O2/c1-19(5-7-30(8-6-19)18(34)35-17(20(22,23)24)21(25,26)27)29(2)16(33)14-11-32-10-9-31(13-3-4-13)12-15(32)28-14;1-9(18-2)3-5-19(6-4-9)8(20)21-7(10(12,13)14)11(15,16)17;14-10(15)8-5-13-4-3-12(7-1-2-7)6-9(13)11-8/h11,13,17H,3-10,12H2,1-2H3;7,18H,3-6H2,1-2H3;5,7H,1-4,6H2,(H,14,15). The van der Waals surface area contributed by atoms with E-state index in [1.165, 1.54) is 30.6 Å². The van der Waals surface area contributed by atoms with Crippen molar-refractivity contribution in [2.24, 2.45) is 0 Å². The lowest BCUT2D eigenvalue weighted by atomic mass is 9.88. The highest BCUT2D eigenvalue weighted by molar-refractivity contribution is 5.92. The molecule has 0 bridgehead atoms. The van der Waals surface area contributed by atoms with Crippen molar-refractivity contribution < 1.29 is 86.4 Å². The van der Waals surface area contributed by atoms with Gasteiger partial charge in [0.05, 0.1) is 13.1 Å². The molecule has 71 heavy (non-hydrogen) atoms. The lowest BCUT2D eigenvalue weighted by Gasteiger charge is -2.44. The molecule has 2 saturated carbocycles. The number of fused-ring (bicyclic) bond motifs is 2. The summed E-state index contributed by atoms with van der Waals surface area (Å²) in [7, 11) is 3.27. The first-order valence-electron chi connectivity index (χ1n) is 22.8. The van der Waals surface area contributed by atoms with Gasteiger partial charge in [-0.3, -0.25) is 14.6 Å². The molecule has 8 rings (SSSR count). The molecule has 2 aromatic heterocycles. The first kappa shape index (κ1) is 55.3. The average molecular weight is 1040 g/mol. The number of aromatic carboxylic acids is 1. The molecule has 0 radical (unpaired) electrons. The molecule has 2 saturated heterocycles. The molecule has 0 atom stereocenters. The van der Waals surface area contributed by atoms with E-state index in [9.17, 15) is 71.9 Å². The Kier molecular flexibility index (Phi) is 16.2. The minimum Gasteiger partial charge on any atom is -0.476 e. The van der Waals surface area contributed by atoms with E-state index < -0.39 is 60.6 Å². The largest absolute Gasteiger partial charge is 0.476 e. The Labute approximate surface area is 399 Å². The minimum absolute atomic E-state index is 0.0264. The van der Waals surface area contributed by atoms with Crippen molar-refractivity contribution in [3.63, 3.8) is 0 Å². The predicted molar refractivity (Wildman–Crippen MR) is 223 cm³/mol. The molecule has 0 spiro atoms. The van der Waals surface area contributed by atoms with E-state index >= 15 is 0 Å². The maximum Gasteiger partial charge on any atom is 0.434 e. The van der Waals surface area contributed by atoms with E-state index in [0.29, 0.717) is 25.4 Å². The van der Waals surface area contributed by atoms with Gasteiger partial charge in [-0.1, -0.05) is 0 Å². The van der Waals surface area contributed by atoms with Gasteiger partial charge in [0, 0.05) is 95.0 Å². The molecule has 6 aliphatic rings. The second-order valence-corrected chi connectivity index (χ2v) is 19.0. The molecule has 29 heteroatoms. The fraction of sp³-hybridized carbons (Fsp3) is 0.762. The molecule has 2 aromatic rings. The molecule has 400 valence electrons. The number of rotatable bonds is 8. The zero-order valence-electron chi connectivity index (χ0n) is 39.1. The van der Waals surface area contributed by atoms with Crippen molar-refractivity contribution in [1.29, 1.82) is 0 Å². The summed E-state index contributed by atoms with van der Waals surface area (Å²) in [6.45, 7) is 8.33. The van der Waals surface area contributed by atoms with Gasteiger partial charge >= 0.3 is 42.9 Å². The number of carboxylic acids is 1. The molecule has 17 nitrogen and oxygen atoms in total. The van der Waals surface area contributed by atoms with Crippen molar-refractivity contribution in [1.82, 2.24) is 48.9 Å². The molecular weight excluding hydrogens is 985 g/mol. The van der Waals surface area contributed by atoms with Gasteiger partial charge in [0.1, 0.15) is 17.3 Å². The topological polar surface area (TPSA) is 171 Å². The average Bonchev–Trinajstić information content (AvgIpc) is 4.23. The van der Waals surface area contributed by atoms with Crippen LogP contribution >= 0.6 is 0 Å². The number of carbonyl (C=O) groups is 4. The monoisotopic (exact) mass is 1040 g/mol. The lowest BCUT2D eigenvalue weighted by molar-refractivity contribution is -0.309. The highest BCUT2D eigenvalue weighted by Gasteiger charge is 2.61. The third kappa shape index (κ3) is 13.9. The maximum atomic E-state index is 13.2. The third-order valence-electron chi connectivity index (χ3n) is 13.8. The fourth-order valence-corrected chi connectivity index (χ4v) is 8.60. The van der Waals surface area contributed by atoms with E-state index in [1.807, 2.05) is 16.1 Å². The number of imidazole rings is 2. The highest BCUT2D eigenvalue weighted by atomic mass is 19.4. The summed E-state index contributed by atoms with van der Waals surface area (Å²) < 4.78 is 161. The van der Waals surface area contributed by atoms with Gasteiger partial charge in [-0.15, -0.1) is 0 Å². The van der Waals surface area contributed by atoms with E-state index in [1.54, 1.807) is 33.4 Å². The van der Waals surface area contributed by atoms with Crippen LogP contribution in [0, 0.1) is 0 Å². The van der Waals surface area contributed by atoms with Crippen LogP contribution in [0.15, 0.2) is 12.4 Å². The van der Waals surface area contributed by atoms with Crippen LogP contribution in [-0.2, 0) is 35.7 Å². The Hall–Kier alpha value is -5.06. The van der Waals surface area contributed by atoms with Gasteiger partial charge in [-0.25, -0.2) is 24.4 Å². The van der Waals surface area contributed by atoms with Gasteiger partial charge < -0.3 is 43.7 Å². The van der Waals surface area contributed by atoms with Crippen molar-refractivity contribution in [2.75, 3.05) is 53.4 Å². The van der Waals surface area contributed by atoms with Crippen LogP contribution < -0.4 is 5.32 Å². The van der Waals surface area contributed by atoms with Crippen molar-refractivity contribution in [3.8, 4) is 0 Å². The van der Waals surface area contributed by atoms with E-state index in [4.69, 9.17) is 5.11 Å². The number of piperidine rings is 2. The number of carbonyl (C=O) groups excluding carboxylic acids is 3. The van der Waals surface area contributed by atoms with Crippen LogP contribution in [0.3, 0.4) is 0 Å². The summed E-state index contributed by atoms with van der Waals surface area (Å²) in [5.74, 6) is 0.435. The second-order valence-electron chi connectivity index (χ2n) is 19.0. The Bertz CT molecular complexity index is 2180. The third-order valence-corrected chi connectivity index (χ3v) is 13.8. The Morgan fingerprint density at radius 1 is 0.634 bits per heavy atom. The summed E-state index contributed by atoms with van der Waals surface area (Å²) in [5.41, 5.74) is -0.625.